The Kier molecular flexibility index (Phi) is 5.55. The standard InChI is InChI=1S/C21H29N5S/c1-4-5-10-16-14-8-6-9-15(14)17-18-19(27-21(17)25-16)20(24-13-23-18)22-11-7-12-26(2)3/h13H,4-12H2,1-3H3,(H,22,23,24). The zero-order valence-corrected chi connectivity index (χ0v) is 17.5. The highest BCUT2D eigenvalue weighted by Crippen LogP contribution is 2.41. The van der Waals surface area contributed by atoms with Crippen LogP contribution in [0.2, 0.25) is 0 Å². The molecule has 0 spiro atoms. The molecule has 1 aliphatic carbocycles. The van der Waals surface area contributed by atoms with E-state index in [1.54, 1.807) is 17.7 Å². The van der Waals surface area contributed by atoms with Gasteiger partial charge in [-0.3, -0.25) is 0 Å². The van der Waals surface area contributed by atoms with E-state index in [4.69, 9.17) is 4.98 Å². The maximum absolute atomic E-state index is 5.10. The molecule has 0 aliphatic heterocycles. The number of thiophene rings is 1. The number of rotatable bonds is 8. The minimum Gasteiger partial charge on any atom is -0.369 e. The Bertz CT molecular complexity index is 947. The van der Waals surface area contributed by atoms with Gasteiger partial charge in [-0.15, -0.1) is 11.3 Å². The Hall–Kier alpha value is -1.79. The van der Waals surface area contributed by atoms with Crippen LogP contribution in [-0.2, 0) is 19.3 Å². The van der Waals surface area contributed by atoms with Crippen molar-refractivity contribution in [1.82, 2.24) is 19.9 Å². The Morgan fingerprint density at radius 2 is 2.00 bits per heavy atom. The van der Waals surface area contributed by atoms with E-state index in [1.165, 1.54) is 47.9 Å². The van der Waals surface area contributed by atoms with Crippen molar-refractivity contribution in [3.05, 3.63) is 23.1 Å². The van der Waals surface area contributed by atoms with Gasteiger partial charge in [0.25, 0.3) is 0 Å². The van der Waals surface area contributed by atoms with Crippen LogP contribution in [0.1, 0.15) is 49.4 Å². The van der Waals surface area contributed by atoms with Crippen LogP contribution < -0.4 is 5.32 Å². The molecule has 0 bridgehead atoms. The third kappa shape index (κ3) is 3.65. The highest BCUT2D eigenvalue weighted by molar-refractivity contribution is 7.26. The number of nitrogens with one attached hydrogen (secondary N) is 1. The molecule has 6 heteroatoms. The van der Waals surface area contributed by atoms with Gasteiger partial charge in [0.15, 0.2) is 0 Å². The Morgan fingerprint density at radius 3 is 2.81 bits per heavy atom. The van der Waals surface area contributed by atoms with Crippen LogP contribution in [0.5, 0.6) is 0 Å². The topological polar surface area (TPSA) is 53.9 Å². The minimum atomic E-state index is 0.922. The second-order valence-electron chi connectivity index (χ2n) is 7.74. The van der Waals surface area contributed by atoms with Gasteiger partial charge >= 0.3 is 0 Å². The average molecular weight is 384 g/mol. The monoisotopic (exact) mass is 383 g/mol. The van der Waals surface area contributed by atoms with Crippen LogP contribution in [0.15, 0.2) is 6.33 Å². The highest BCUT2D eigenvalue weighted by Gasteiger charge is 2.23. The number of nitrogens with zero attached hydrogens (tertiary/aromatic N) is 4. The molecule has 0 unspecified atom stereocenters. The lowest BCUT2D eigenvalue weighted by atomic mass is 10.0. The molecule has 0 atom stereocenters. The quantitative estimate of drug-likeness (QED) is 0.583. The van der Waals surface area contributed by atoms with Gasteiger partial charge in [0.1, 0.15) is 17.0 Å². The van der Waals surface area contributed by atoms with E-state index in [2.05, 4.69) is 41.2 Å². The molecule has 4 rings (SSSR count). The van der Waals surface area contributed by atoms with Crippen molar-refractivity contribution in [3.8, 4) is 0 Å². The van der Waals surface area contributed by atoms with E-state index in [0.717, 1.165) is 53.2 Å². The molecular weight excluding hydrogens is 354 g/mol. The van der Waals surface area contributed by atoms with Crippen LogP contribution in [-0.4, -0.2) is 47.0 Å². The molecule has 1 N–H and O–H groups in total. The van der Waals surface area contributed by atoms with E-state index in [9.17, 15) is 0 Å². The first-order valence-electron chi connectivity index (χ1n) is 10.2. The summed E-state index contributed by atoms with van der Waals surface area (Å²) in [6.07, 6.45) is 9.91. The molecule has 0 aromatic carbocycles. The second kappa shape index (κ2) is 8.07. The molecule has 0 saturated carbocycles. The van der Waals surface area contributed by atoms with Gasteiger partial charge in [0.05, 0.1) is 10.2 Å². The van der Waals surface area contributed by atoms with E-state index < -0.39 is 0 Å². The Labute approximate surface area is 165 Å². The van der Waals surface area contributed by atoms with Crippen LogP contribution in [0, 0.1) is 0 Å². The van der Waals surface area contributed by atoms with Crippen molar-refractivity contribution >= 4 is 37.6 Å². The molecule has 144 valence electrons. The number of hydrogen-bond donors (Lipinski definition) is 1. The number of pyridine rings is 1. The number of aryl methyl sites for hydroxylation is 2. The summed E-state index contributed by atoms with van der Waals surface area (Å²) < 4.78 is 1.16. The van der Waals surface area contributed by atoms with E-state index in [-0.39, 0.29) is 0 Å². The number of aromatic nitrogens is 3. The van der Waals surface area contributed by atoms with E-state index in [1.807, 2.05) is 0 Å². The summed E-state index contributed by atoms with van der Waals surface area (Å²) in [5, 5.41) is 4.82. The fourth-order valence-corrected chi connectivity index (χ4v) is 5.20. The van der Waals surface area contributed by atoms with Crippen LogP contribution in [0.4, 0.5) is 5.82 Å². The first kappa shape index (κ1) is 18.6. The molecule has 0 amide bonds. The summed E-state index contributed by atoms with van der Waals surface area (Å²) in [6, 6.07) is 0. The normalized spacial score (nSPS) is 13.8. The largest absolute Gasteiger partial charge is 0.369 e. The smallest absolute Gasteiger partial charge is 0.147 e. The van der Waals surface area contributed by atoms with Gasteiger partial charge in [-0.25, -0.2) is 15.0 Å². The van der Waals surface area contributed by atoms with Crippen LogP contribution in [0.25, 0.3) is 20.4 Å². The average Bonchev–Trinajstić information content (AvgIpc) is 3.27. The van der Waals surface area contributed by atoms with Gasteiger partial charge in [-0.05, 0) is 70.3 Å². The first-order chi connectivity index (χ1) is 13.2. The fourth-order valence-electron chi connectivity index (χ4n) is 4.06. The number of hydrogen-bond acceptors (Lipinski definition) is 6. The molecule has 0 fully saturated rings. The van der Waals surface area contributed by atoms with Gasteiger partial charge < -0.3 is 10.2 Å². The van der Waals surface area contributed by atoms with Gasteiger partial charge in [-0.1, -0.05) is 13.3 Å². The number of unbranched alkanes of at least 4 members (excludes halogenated alkanes) is 1. The van der Waals surface area contributed by atoms with Crippen molar-refractivity contribution in [1.29, 1.82) is 0 Å². The van der Waals surface area contributed by atoms with Crippen molar-refractivity contribution in [3.63, 3.8) is 0 Å². The summed E-state index contributed by atoms with van der Waals surface area (Å²) in [5.41, 5.74) is 5.44. The molecule has 3 aromatic heterocycles. The minimum absolute atomic E-state index is 0.922. The SMILES string of the molecule is CCCCc1nc2sc3c(NCCCN(C)C)ncnc3c2c2c1CCC2. The van der Waals surface area contributed by atoms with Crippen LogP contribution >= 0.6 is 11.3 Å². The first-order valence-corrected chi connectivity index (χ1v) is 11.0. The third-order valence-electron chi connectivity index (χ3n) is 5.40. The molecule has 27 heavy (non-hydrogen) atoms. The summed E-state index contributed by atoms with van der Waals surface area (Å²) in [5.74, 6) is 0.962. The van der Waals surface area contributed by atoms with Gasteiger partial charge in [-0.2, -0.15) is 0 Å². The van der Waals surface area contributed by atoms with Crippen molar-refractivity contribution in [2.75, 3.05) is 32.5 Å². The van der Waals surface area contributed by atoms with Crippen molar-refractivity contribution in [2.45, 2.75) is 51.9 Å². The highest BCUT2D eigenvalue weighted by atomic mass is 32.1. The fraction of sp³-hybridized carbons (Fsp3) is 0.571. The molecule has 5 nitrogen and oxygen atoms in total. The van der Waals surface area contributed by atoms with Crippen LogP contribution in [0.3, 0.4) is 0 Å². The summed E-state index contributed by atoms with van der Waals surface area (Å²) in [7, 11) is 4.22. The summed E-state index contributed by atoms with van der Waals surface area (Å²) in [6.45, 7) is 4.25. The Balaban J connectivity index is 1.73. The molecule has 0 saturated heterocycles. The van der Waals surface area contributed by atoms with Crippen molar-refractivity contribution < 1.29 is 0 Å². The van der Waals surface area contributed by atoms with Gasteiger partial charge in [0.2, 0.25) is 0 Å². The Morgan fingerprint density at radius 1 is 1.15 bits per heavy atom. The zero-order chi connectivity index (χ0) is 18.8. The predicted octanol–water partition coefficient (Wildman–Crippen LogP) is 4.43. The van der Waals surface area contributed by atoms with E-state index in [0.29, 0.717) is 0 Å². The predicted molar refractivity (Wildman–Crippen MR) is 115 cm³/mol. The van der Waals surface area contributed by atoms with Crippen molar-refractivity contribution in [2.24, 2.45) is 0 Å². The molecular formula is C21H29N5S. The maximum Gasteiger partial charge on any atom is 0.147 e. The number of anilines is 1. The lowest BCUT2D eigenvalue weighted by molar-refractivity contribution is 0.405. The summed E-state index contributed by atoms with van der Waals surface area (Å²) >= 11 is 1.76. The lowest BCUT2D eigenvalue weighted by Crippen LogP contribution is -2.16. The molecule has 3 heterocycles. The third-order valence-corrected chi connectivity index (χ3v) is 6.48. The molecule has 3 aromatic rings. The second-order valence-corrected chi connectivity index (χ2v) is 8.74. The molecule has 0 radical (unpaired) electrons. The van der Waals surface area contributed by atoms with Gasteiger partial charge in [0, 0.05) is 17.6 Å². The summed E-state index contributed by atoms with van der Waals surface area (Å²) in [4.78, 5) is 17.7. The lowest BCUT2D eigenvalue weighted by Gasteiger charge is -2.10. The maximum atomic E-state index is 5.10. The van der Waals surface area contributed by atoms with E-state index >= 15 is 0 Å². The molecule has 1 aliphatic rings. The zero-order valence-electron chi connectivity index (χ0n) is 16.6. The number of fused-ring (bicyclic) bond motifs is 5.